The molecule has 14 heteroatoms. The van der Waals surface area contributed by atoms with Gasteiger partial charge in [0.15, 0.2) is 0 Å². The van der Waals surface area contributed by atoms with Crippen molar-refractivity contribution in [3.8, 4) is 5.75 Å². The van der Waals surface area contributed by atoms with Gasteiger partial charge in [0.1, 0.15) is 5.75 Å². The predicted octanol–water partition coefficient (Wildman–Crippen LogP) is 6.28. The van der Waals surface area contributed by atoms with Crippen molar-refractivity contribution in [3.63, 3.8) is 0 Å². The van der Waals surface area contributed by atoms with Crippen LogP contribution < -0.4 is 14.5 Å². The number of aryl methyl sites for hydroxylation is 1. The molecule has 0 radical (unpaired) electrons. The van der Waals surface area contributed by atoms with Crippen LogP contribution >= 0.6 is 46.4 Å². The van der Waals surface area contributed by atoms with Crippen LogP contribution in [0.2, 0.25) is 20.1 Å². The summed E-state index contributed by atoms with van der Waals surface area (Å²) in [6, 6.07) is 10.0. The lowest BCUT2D eigenvalue weighted by atomic mass is 10.1. The molecule has 5 rings (SSSR count). The summed E-state index contributed by atoms with van der Waals surface area (Å²) in [6.07, 6.45) is -0.170. The zero-order chi connectivity index (χ0) is 29.0. The highest BCUT2D eigenvalue weighted by Gasteiger charge is 2.43. The van der Waals surface area contributed by atoms with Crippen LogP contribution in [0.4, 0.5) is 17.1 Å². The highest BCUT2D eigenvalue weighted by Crippen LogP contribution is 2.46. The normalized spacial score (nSPS) is 16.5. The number of halogens is 4. The van der Waals surface area contributed by atoms with E-state index in [4.69, 9.17) is 51.1 Å². The van der Waals surface area contributed by atoms with Crippen LogP contribution in [0.25, 0.3) is 0 Å². The van der Waals surface area contributed by atoms with Crippen LogP contribution in [0.5, 0.6) is 5.75 Å². The van der Waals surface area contributed by atoms with Crippen molar-refractivity contribution in [2.75, 3.05) is 16.3 Å². The highest BCUT2D eigenvalue weighted by molar-refractivity contribution is 6.56. The van der Waals surface area contributed by atoms with Gasteiger partial charge < -0.3 is 9.64 Å². The molecule has 0 aliphatic carbocycles. The number of ether oxygens (including phenoxy) is 1. The first-order valence-corrected chi connectivity index (χ1v) is 13.0. The number of fused-ring (bicyclic) bond motifs is 1. The molecule has 0 saturated carbocycles. The molecular weight excluding hydrogens is 608 g/mol. The van der Waals surface area contributed by atoms with Crippen molar-refractivity contribution in [1.29, 1.82) is 0 Å². The second kappa shape index (κ2) is 10.4. The number of nitro benzene ring substituents is 1. The molecule has 0 spiro atoms. The lowest BCUT2D eigenvalue weighted by Gasteiger charge is -2.17. The van der Waals surface area contributed by atoms with Crippen LogP contribution in [-0.2, 0) is 9.59 Å². The third-order valence-electron chi connectivity index (χ3n) is 6.55. The van der Waals surface area contributed by atoms with E-state index in [1.165, 1.54) is 41.3 Å². The second-order valence-electron chi connectivity index (χ2n) is 9.00. The van der Waals surface area contributed by atoms with Crippen molar-refractivity contribution >= 4 is 87.2 Å². The lowest BCUT2D eigenvalue weighted by molar-refractivity contribution is -0.385. The molecule has 2 aliphatic rings. The Kier molecular flexibility index (Phi) is 7.22. The fraction of sp³-hybridized carbons (Fsp3) is 0.154. The van der Waals surface area contributed by atoms with Crippen molar-refractivity contribution < 1.29 is 28.8 Å². The van der Waals surface area contributed by atoms with Crippen LogP contribution in [0.1, 0.15) is 32.7 Å². The van der Waals surface area contributed by atoms with Gasteiger partial charge in [0.25, 0.3) is 17.5 Å². The monoisotopic (exact) mass is 621 g/mol. The number of nitro groups is 1. The molecule has 10 nitrogen and oxygen atoms in total. The van der Waals surface area contributed by atoms with E-state index in [0.29, 0.717) is 11.3 Å². The zero-order valence-corrected chi connectivity index (χ0v) is 23.3. The number of imide groups is 1. The van der Waals surface area contributed by atoms with Crippen LogP contribution in [0.3, 0.4) is 0 Å². The Morgan fingerprint density at radius 3 is 2.15 bits per heavy atom. The third kappa shape index (κ3) is 4.56. The molecule has 40 heavy (non-hydrogen) atoms. The first kappa shape index (κ1) is 27.9. The topological polar surface area (TPSA) is 127 Å². The standard InChI is InChI=1S/C26H15Cl4N3O7/c1-11-5-6-13(9-16(11)33(38)39)31-10-12(7-17(31)34)26(37)40-15-4-2-3-14(8-15)32-24(35)18-19(25(32)36)21(28)23(30)22(29)20(18)27/h2-6,8-9,12H,7,10H2,1H3/t12-/m1/s1. The second-order valence-corrected chi connectivity index (χ2v) is 10.5. The molecule has 2 heterocycles. The Morgan fingerprint density at radius 1 is 0.925 bits per heavy atom. The predicted molar refractivity (Wildman–Crippen MR) is 148 cm³/mol. The molecule has 0 unspecified atom stereocenters. The maximum Gasteiger partial charge on any atom is 0.316 e. The quantitative estimate of drug-likeness (QED) is 0.0623. The number of rotatable bonds is 5. The summed E-state index contributed by atoms with van der Waals surface area (Å²) in [5.74, 6) is -3.58. The zero-order valence-electron chi connectivity index (χ0n) is 20.2. The smallest absolute Gasteiger partial charge is 0.316 e. The van der Waals surface area contributed by atoms with Gasteiger partial charge in [0, 0.05) is 30.7 Å². The van der Waals surface area contributed by atoms with Crippen LogP contribution in [-0.4, -0.2) is 35.2 Å². The minimum atomic E-state index is -0.863. The van der Waals surface area contributed by atoms with Gasteiger partial charge in [0.05, 0.1) is 53.4 Å². The summed E-state index contributed by atoms with van der Waals surface area (Å²) in [5, 5.41) is 10.5. The third-order valence-corrected chi connectivity index (χ3v) is 8.36. The van der Waals surface area contributed by atoms with E-state index < -0.39 is 34.5 Å². The summed E-state index contributed by atoms with van der Waals surface area (Å²) in [5.41, 5.74) is 0.247. The lowest BCUT2D eigenvalue weighted by Crippen LogP contribution is -2.29. The molecule has 3 aromatic carbocycles. The molecule has 1 fully saturated rings. The number of nitrogens with zero attached hydrogens (tertiary/aromatic N) is 3. The van der Waals surface area contributed by atoms with Gasteiger partial charge in [-0.1, -0.05) is 58.5 Å². The molecule has 0 bridgehead atoms. The minimum absolute atomic E-state index is 0.00388. The number of hydrogen-bond donors (Lipinski definition) is 0. The fourth-order valence-corrected chi connectivity index (χ4v) is 5.56. The Hall–Kier alpha value is -3.70. The Morgan fingerprint density at radius 2 is 1.55 bits per heavy atom. The van der Waals surface area contributed by atoms with Crippen LogP contribution in [0, 0.1) is 23.0 Å². The van der Waals surface area contributed by atoms with E-state index in [1.54, 1.807) is 13.0 Å². The molecule has 204 valence electrons. The molecule has 3 aromatic rings. The number of esters is 1. The van der Waals surface area contributed by atoms with E-state index in [-0.39, 0.29) is 61.3 Å². The average Bonchev–Trinajstić information content (AvgIpc) is 3.43. The molecule has 1 saturated heterocycles. The van der Waals surface area contributed by atoms with Gasteiger partial charge in [0.2, 0.25) is 5.91 Å². The number of hydrogen-bond acceptors (Lipinski definition) is 7. The molecule has 0 aromatic heterocycles. The maximum absolute atomic E-state index is 13.1. The van der Waals surface area contributed by atoms with E-state index >= 15 is 0 Å². The molecule has 3 amide bonds. The van der Waals surface area contributed by atoms with Crippen molar-refractivity contribution in [3.05, 3.63) is 89.4 Å². The van der Waals surface area contributed by atoms with Crippen molar-refractivity contribution in [2.45, 2.75) is 13.3 Å². The highest BCUT2D eigenvalue weighted by atomic mass is 35.5. The van der Waals surface area contributed by atoms with E-state index in [2.05, 4.69) is 0 Å². The van der Waals surface area contributed by atoms with Gasteiger partial charge in [-0.2, -0.15) is 0 Å². The molecule has 1 atom stereocenters. The van der Waals surface area contributed by atoms with Crippen LogP contribution in [0.15, 0.2) is 42.5 Å². The average molecular weight is 623 g/mol. The number of carbonyl (C=O) groups excluding carboxylic acids is 4. The summed E-state index contributed by atoms with van der Waals surface area (Å²) < 4.78 is 5.48. The number of anilines is 2. The minimum Gasteiger partial charge on any atom is -0.426 e. The molecule has 2 aliphatic heterocycles. The summed E-state index contributed by atoms with van der Waals surface area (Å²) in [4.78, 5) is 64.7. The summed E-state index contributed by atoms with van der Waals surface area (Å²) in [6.45, 7) is 1.53. The first-order valence-electron chi connectivity index (χ1n) is 11.5. The van der Waals surface area contributed by atoms with Gasteiger partial charge in [-0.25, -0.2) is 4.90 Å². The molecular formula is C26H15Cl4N3O7. The SMILES string of the molecule is Cc1ccc(N2C[C@H](C(=O)Oc3cccc(N4C(=O)c5c(Cl)c(Cl)c(Cl)c(Cl)c5C4=O)c3)CC2=O)cc1[N+](=O)[O-]. The van der Waals surface area contributed by atoms with E-state index in [1.807, 2.05) is 0 Å². The Balaban J connectivity index is 1.35. The summed E-state index contributed by atoms with van der Waals surface area (Å²) >= 11 is 24.5. The molecule has 0 N–H and O–H groups in total. The van der Waals surface area contributed by atoms with E-state index in [0.717, 1.165) is 4.90 Å². The number of benzene rings is 3. The van der Waals surface area contributed by atoms with Gasteiger partial charge in [-0.3, -0.25) is 29.3 Å². The Bertz CT molecular complexity index is 1630. The number of carbonyl (C=O) groups is 4. The first-order chi connectivity index (χ1) is 18.9. The fourth-order valence-electron chi connectivity index (χ4n) is 4.55. The largest absolute Gasteiger partial charge is 0.426 e. The summed E-state index contributed by atoms with van der Waals surface area (Å²) in [7, 11) is 0. The van der Waals surface area contributed by atoms with Crippen molar-refractivity contribution in [2.24, 2.45) is 5.92 Å². The van der Waals surface area contributed by atoms with E-state index in [9.17, 15) is 29.3 Å². The number of amides is 3. The van der Waals surface area contributed by atoms with Gasteiger partial charge in [-0.15, -0.1) is 0 Å². The van der Waals surface area contributed by atoms with Crippen molar-refractivity contribution in [1.82, 2.24) is 0 Å². The van der Waals surface area contributed by atoms with Gasteiger partial charge in [-0.05, 0) is 25.1 Å². The van der Waals surface area contributed by atoms with Gasteiger partial charge >= 0.3 is 5.97 Å². The Labute approximate surface area is 246 Å². The maximum atomic E-state index is 13.1.